The molecule has 0 radical (unpaired) electrons. The smallest absolute Gasteiger partial charge is 0.246 e. The number of amides is 1. The molecule has 2 aromatic rings. The van der Waals surface area contributed by atoms with Crippen molar-refractivity contribution in [1.82, 2.24) is 0 Å². The minimum Gasteiger partial charge on any atom is -0.376 e. The maximum atomic E-state index is 12.6. The van der Waals surface area contributed by atoms with Crippen LogP contribution in [0.15, 0.2) is 48.5 Å². The average Bonchev–Trinajstić information content (AvgIpc) is 2.63. The summed E-state index contributed by atoms with van der Waals surface area (Å²) in [7, 11) is 0. The van der Waals surface area contributed by atoms with Crippen LogP contribution >= 0.6 is 0 Å². The van der Waals surface area contributed by atoms with Crippen LogP contribution in [-0.2, 0) is 4.79 Å². The lowest BCUT2D eigenvalue weighted by Gasteiger charge is -2.23. The molecule has 1 amide bonds. The van der Waals surface area contributed by atoms with Crippen molar-refractivity contribution in [2.75, 3.05) is 41.3 Å². The molecule has 0 heterocycles. The summed E-state index contributed by atoms with van der Waals surface area (Å²) in [6.45, 7) is 11.3. The lowest BCUT2D eigenvalue weighted by atomic mass is 10.2. The van der Waals surface area contributed by atoms with Gasteiger partial charge in [0.05, 0.1) is 6.54 Å². The molecule has 0 saturated carbocycles. The molecule has 0 saturated heterocycles. The van der Waals surface area contributed by atoms with Crippen LogP contribution in [-0.4, -0.2) is 32.1 Å². The highest BCUT2D eigenvalue weighted by Gasteiger charge is 2.13. The van der Waals surface area contributed by atoms with Crippen molar-refractivity contribution in [2.24, 2.45) is 0 Å². The van der Waals surface area contributed by atoms with Crippen LogP contribution in [0, 0.1) is 6.92 Å². The van der Waals surface area contributed by atoms with Crippen LogP contribution in [0.3, 0.4) is 0 Å². The van der Waals surface area contributed by atoms with Gasteiger partial charge in [-0.3, -0.25) is 4.79 Å². The van der Waals surface area contributed by atoms with Crippen LogP contribution in [0.2, 0.25) is 0 Å². The Labute approximate surface area is 151 Å². The van der Waals surface area contributed by atoms with Crippen molar-refractivity contribution in [3.8, 4) is 0 Å². The van der Waals surface area contributed by atoms with E-state index in [1.54, 1.807) is 0 Å². The molecule has 2 rings (SSSR count). The highest BCUT2D eigenvalue weighted by Crippen LogP contribution is 2.19. The van der Waals surface area contributed by atoms with Crippen LogP contribution in [0.4, 0.5) is 17.1 Å². The number of hydrogen-bond acceptors (Lipinski definition) is 3. The largest absolute Gasteiger partial charge is 0.376 e. The first-order chi connectivity index (χ1) is 12.1. The average molecular weight is 339 g/mol. The van der Waals surface area contributed by atoms with Gasteiger partial charge in [0.2, 0.25) is 5.91 Å². The van der Waals surface area contributed by atoms with Gasteiger partial charge < -0.3 is 15.1 Å². The molecule has 0 aliphatic carbocycles. The van der Waals surface area contributed by atoms with Crippen LogP contribution in [0.1, 0.15) is 26.3 Å². The Hall–Kier alpha value is -2.49. The summed E-state index contributed by atoms with van der Waals surface area (Å²) in [5, 5.41) is 3.24. The molecule has 1 N–H and O–H groups in total. The number of nitrogens with zero attached hydrogens (tertiary/aromatic N) is 2. The molecule has 2 aromatic carbocycles. The Bertz CT molecular complexity index is 678. The third-order valence-corrected chi connectivity index (χ3v) is 4.37. The van der Waals surface area contributed by atoms with Crippen molar-refractivity contribution < 1.29 is 4.79 Å². The topological polar surface area (TPSA) is 35.6 Å². The summed E-state index contributed by atoms with van der Waals surface area (Å²) in [5.74, 6) is 0.0703. The predicted molar refractivity (Wildman–Crippen MR) is 108 cm³/mol. The number of aryl methyl sites for hydroxylation is 1. The third-order valence-electron chi connectivity index (χ3n) is 4.37. The zero-order valence-corrected chi connectivity index (χ0v) is 15.7. The fraction of sp³-hybridized carbons (Fsp3) is 0.381. The summed E-state index contributed by atoms with van der Waals surface area (Å²) >= 11 is 0. The molecule has 134 valence electrons. The van der Waals surface area contributed by atoms with Crippen molar-refractivity contribution in [3.63, 3.8) is 0 Å². The maximum Gasteiger partial charge on any atom is 0.246 e. The molecule has 0 aliphatic heterocycles. The number of carbonyl (C=O) groups excluding carboxylic acids is 1. The van der Waals surface area contributed by atoms with Crippen LogP contribution in [0.5, 0.6) is 0 Å². The zero-order chi connectivity index (χ0) is 18.2. The van der Waals surface area contributed by atoms with E-state index in [1.165, 1.54) is 5.69 Å². The van der Waals surface area contributed by atoms with E-state index in [9.17, 15) is 4.79 Å². The van der Waals surface area contributed by atoms with E-state index in [0.29, 0.717) is 6.54 Å². The fourth-order valence-electron chi connectivity index (χ4n) is 2.95. The first-order valence-electron chi connectivity index (χ1n) is 9.04. The third kappa shape index (κ3) is 4.99. The summed E-state index contributed by atoms with van der Waals surface area (Å²) in [5.41, 5.74) is 4.27. The first-order valence-corrected chi connectivity index (χ1v) is 9.04. The van der Waals surface area contributed by atoms with E-state index in [4.69, 9.17) is 0 Å². The van der Waals surface area contributed by atoms with Crippen LogP contribution < -0.4 is 15.1 Å². The number of anilines is 3. The van der Waals surface area contributed by atoms with Gasteiger partial charge in [0.1, 0.15) is 0 Å². The first kappa shape index (κ1) is 18.8. The molecular weight excluding hydrogens is 310 g/mol. The SMILES string of the molecule is CCN(CC)c1ccc(NCC(=O)N(CC)c2cccc(C)c2)cc1. The van der Waals surface area contributed by atoms with E-state index >= 15 is 0 Å². The molecule has 0 aromatic heterocycles. The molecule has 4 heteroatoms. The second-order valence-electron chi connectivity index (χ2n) is 6.05. The molecular formula is C21H29N3O. The monoisotopic (exact) mass is 339 g/mol. The van der Waals surface area contributed by atoms with Gasteiger partial charge in [0.15, 0.2) is 0 Å². The fourth-order valence-corrected chi connectivity index (χ4v) is 2.95. The molecule has 0 aliphatic rings. The van der Waals surface area contributed by atoms with Gasteiger partial charge in [0.25, 0.3) is 0 Å². The zero-order valence-electron chi connectivity index (χ0n) is 15.7. The molecule has 0 unspecified atom stereocenters. The molecule has 0 spiro atoms. The minimum absolute atomic E-state index is 0.0703. The second kappa shape index (κ2) is 9.11. The van der Waals surface area contributed by atoms with Gasteiger partial charge in [0, 0.05) is 36.7 Å². The number of benzene rings is 2. The molecule has 0 atom stereocenters. The Kier molecular flexibility index (Phi) is 6.87. The summed E-state index contributed by atoms with van der Waals surface area (Å²) in [4.78, 5) is 16.7. The standard InChI is InChI=1S/C21H29N3O/c1-5-23(6-2)19-13-11-18(12-14-19)22-16-21(25)24(7-3)20-10-8-9-17(4)15-20/h8-15,22H,5-7,16H2,1-4H3. The van der Waals surface area contributed by atoms with E-state index < -0.39 is 0 Å². The molecule has 25 heavy (non-hydrogen) atoms. The predicted octanol–water partition coefficient (Wildman–Crippen LogP) is 4.31. The van der Waals surface area contributed by atoms with Gasteiger partial charge in [-0.1, -0.05) is 12.1 Å². The lowest BCUT2D eigenvalue weighted by molar-refractivity contribution is -0.116. The van der Waals surface area contributed by atoms with Crippen LogP contribution in [0.25, 0.3) is 0 Å². The Morgan fingerprint density at radius 1 is 0.920 bits per heavy atom. The van der Waals surface area contributed by atoms with Gasteiger partial charge in [-0.15, -0.1) is 0 Å². The Balaban J connectivity index is 1.98. The van der Waals surface area contributed by atoms with Crippen molar-refractivity contribution in [3.05, 3.63) is 54.1 Å². The quantitative estimate of drug-likeness (QED) is 0.778. The summed E-state index contributed by atoms with van der Waals surface area (Å²) in [6.07, 6.45) is 0. The number of nitrogens with one attached hydrogen (secondary N) is 1. The maximum absolute atomic E-state index is 12.6. The molecule has 0 fully saturated rings. The molecule has 4 nitrogen and oxygen atoms in total. The Morgan fingerprint density at radius 3 is 2.16 bits per heavy atom. The highest BCUT2D eigenvalue weighted by molar-refractivity contribution is 5.96. The van der Waals surface area contributed by atoms with Crippen molar-refractivity contribution in [1.29, 1.82) is 0 Å². The summed E-state index contributed by atoms with van der Waals surface area (Å²) < 4.78 is 0. The van der Waals surface area contributed by atoms with Crippen molar-refractivity contribution >= 4 is 23.0 Å². The van der Waals surface area contributed by atoms with Gasteiger partial charge in [-0.05, 0) is 69.7 Å². The van der Waals surface area contributed by atoms with E-state index in [1.807, 2.05) is 55.1 Å². The number of carbonyl (C=O) groups is 1. The number of rotatable bonds is 8. The van der Waals surface area contributed by atoms with Gasteiger partial charge in [-0.25, -0.2) is 0 Å². The lowest BCUT2D eigenvalue weighted by Crippen LogP contribution is -2.35. The van der Waals surface area contributed by atoms with Crippen molar-refractivity contribution in [2.45, 2.75) is 27.7 Å². The minimum atomic E-state index is 0.0703. The number of likely N-dealkylation sites (N-methyl/N-ethyl adjacent to an activating group) is 1. The van der Waals surface area contributed by atoms with Gasteiger partial charge in [-0.2, -0.15) is 0 Å². The Morgan fingerprint density at radius 2 is 1.60 bits per heavy atom. The summed E-state index contributed by atoms with van der Waals surface area (Å²) in [6, 6.07) is 16.3. The second-order valence-corrected chi connectivity index (χ2v) is 6.05. The normalized spacial score (nSPS) is 10.4. The van der Waals surface area contributed by atoms with E-state index in [-0.39, 0.29) is 12.5 Å². The van der Waals surface area contributed by atoms with E-state index in [0.717, 1.165) is 30.0 Å². The molecule has 0 bridgehead atoms. The highest BCUT2D eigenvalue weighted by atomic mass is 16.2. The number of hydrogen-bond donors (Lipinski definition) is 1. The van der Waals surface area contributed by atoms with Gasteiger partial charge >= 0.3 is 0 Å². The van der Waals surface area contributed by atoms with E-state index in [2.05, 4.69) is 36.2 Å².